The van der Waals surface area contributed by atoms with Crippen LogP contribution in [0, 0.1) is 5.92 Å². The van der Waals surface area contributed by atoms with Gasteiger partial charge in [-0.15, -0.1) is 0 Å². The number of rotatable bonds is 11. The average molecular weight is 522 g/mol. The molecule has 2 aromatic carbocycles. The van der Waals surface area contributed by atoms with Crippen molar-refractivity contribution in [3.05, 3.63) is 71.7 Å². The number of aliphatic hydroxyl groups excluding tert-OH is 1. The van der Waals surface area contributed by atoms with Crippen LogP contribution in [0.5, 0.6) is 28.7 Å². The van der Waals surface area contributed by atoms with Crippen LogP contribution in [-0.2, 0) is 4.79 Å². The summed E-state index contributed by atoms with van der Waals surface area (Å²) in [4.78, 5) is 12.8. The molecule has 0 spiro atoms. The van der Waals surface area contributed by atoms with Crippen LogP contribution in [-0.4, -0.2) is 46.4 Å². The molecule has 0 heterocycles. The predicted octanol–water partition coefficient (Wildman–Crippen LogP) is 6.19. The molecule has 8 heteroatoms. The third-order valence-corrected chi connectivity index (χ3v) is 6.13. The van der Waals surface area contributed by atoms with Crippen molar-refractivity contribution in [3.63, 3.8) is 0 Å². The van der Waals surface area contributed by atoms with E-state index in [0.29, 0.717) is 40.9 Å². The van der Waals surface area contributed by atoms with Crippen molar-refractivity contribution in [1.82, 2.24) is 0 Å². The minimum Gasteiger partial charge on any atom is -0.508 e. The molecule has 2 N–H and O–H groups in total. The number of anilines is 1. The van der Waals surface area contributed by atoms with Crippen molar-refractivity contribution in [3.8, 4) is 28.7 Å². The van der Waals surface area contributed by atoms with E-state index >= 15 is 0 Å². The maximum atomic E-state index is 12.8. The maximum absolute atomic E-state index is 12.8. The van der Waals surface area contributed by atoms with Crippen molar-refractivity contribution in [1.29, 1.82) is 0 Å². The lowest BCUT2D eigenvalue weighted by atomic mass is 9.94. The summed E-state index contributed by atoms with van der Waals surface area (Å²) >= 11 is 0. The summed E-state index contributed by atoms with van der Waals surface area (Å²) in [5, 5.41) is 13.0. The highest BCUT2D eigenvalue weighted by atomic mass is 16.5. The summed E-state index contributed by atoms with van der Waals surface area (Å²) in [6.07, 6.45) is 14.3. The van der Waals surface area contributed by atoms with Gasteiger partial charge in [0.2, 0.25) is 5.75 Å². The summed E-state index contributed by atoms with van der Waals surface area (Å²) in [5.74, 6) is 2.49. The Balaban J connectivity index is 1.91. The number of ether oxygens (including phenoxy) is 5. The van der Waals surface area contributed by atoms with Crippen molar-refractivity contribution in [2.24, 2.45) is 5.92 Å². The van der Waals surface area contributed by atoms with Crippen LogP contribution in [0.4, 0.5) is 5.69 Å². The lowest BCUT2D eigenvalue weighted by Gasteiger charge is -2.16. The topological polar surface area (TPSA) is 95.5 Å². The standard InChI is InChI=1S/C30H35NO7/c1-34-25-15-13-22(11-10-20-18-26(35-2)29(37-4)27(19-20)36-3)28(30(25)38-5)31-17-16-24(33)21-8-6-7-9-23(32)14-12-21/h9-19,21,31-32H,6-8H2,1-5H3/b11-10-,14-12-,17-16-,23-9+. The monoisotopic (exact) mass is 521 g/mol. The Morgan fingerprint density at radius 3 is 2.24 bits per heavy atom. The van der Waals surface area contributed by atoms with Crippen LogP contribution < -0.4 is 29.0 Å². The molecule has 2 aromatic rings. The molecule has 0 radical (unpaired) electrons. The molecule has 0 aliphatic heterocycles. The zero-order valence-corrected chi connectivity index (χ0v) is 22.4. The van der Waals surface area contributed by atoms with E-state index in [-0.39, 0.29) is 17.5 Å². The Morgan fingerprint density at radius 2 is 1.61 bits per heavy atom. The van der Waals surface area contributed by atoms with Gasteiger partial charge in [-0.05, 0) is 67.3 Å². The third kappa shape index (κ3) is 6.91. The fraction of sp³-hybridized carbons (Fsp3) is 0.300. The van der Waals surface area contributed by atoms with E-state index in [2.05, 4.69) is 5.32 Å². The average Bonchev–Trinajstić information content (AvgIpc) is 2.93. The van der Waals surface area contributed by atoms with E-state index in [1.54, 1.807) is 60.0 Å². The molecule has 1 unspecified atom stereocenters. The number of nitrogens with one attached hydrogen (secondary N) is 1. The van der Waals surface area contributed by atoms with Gasteiger partial charge in [0.1, 0.15) is 5.76 Å². The normalized spacial score (nSPS) is 17.7. The van der Waals surface area contributed by atoms with E-state index < -0.39 is 0 Å². The molecule has 0 amide bonds. The van der Waals surface area contributed by atoms with Crippen molar-refractivity contribution in [2.75, 3.05) is 40.9 Å². The van der Waals surface area contributed by atoms with Gasteiger partial charge in [0.05, 0.1) is 41.2 Å². The molecule has 0 saturated carbocycles. The SMILES string of the molecule is COc1cc(/C=C\c2ccc(OC)c(OC)c2N/C=C\C(=O)C2/C=C\C(O)=C/CCC2)cc(OC)c1OC. The largest absolute Gasteiger partial charge is 0.508 e. The first-order valence-electron chi connectivity index (χ1n) is 12.2. The predicted molar refractivity (Wildman–Crippen MR) is 150 cm³/mol. The minimum absolute atomic E-state index is 0.0557. The number of ketones is 1. The number of methoxy groups -OCH3 is 5. The third-order valence-electron chi connectivity index (χ3n) is 6.13. The van der Waals surface area contributed by atoms with Crippen LogP contribution in [0.1, 0.15) is 30.4 Å². The second-order valence-electron chi connectivity index (χ2n) is 8.46. The second kappa shape index (κ2) is 13.8. The van der Waals surface area contributed by atoms with Crippen LogP contribution >= 0.6 is 0 Å². The second-order valence-corrected chi connectivity index (χ2v) is 8.46. The molecule has 8 nitrogen and oxygen atoms in total. The number of aliphatic hydroxyl groups is 1. The van der Waals surface area contributed by atoms with Gasteiger partial charge >= 0.3 is 0 Å². The molecule has 202 valence electrons. The first-order chi connectivity index (χ1) is 18.4. The van der Waals surface area contributed by atoms with Crippen LogP contribution in [0.15, 0.2) is 60.5 Å². The van der Waals surface area contributed by atoms with E-state index in [4.69, 9.17) is 23.7 Å². The van der Waals surface area contributed by atoms with E-state index in [0.717, 1.165) is 24.0 Å². The number of hydrogen-bond donors (Lipinski definition) is 2. The van der Waals surface area contributed by atoms with E-state index in [1.807, 2.05) is 36.4 Å². The molecule has 38 heavy (non-hydrogen) atoms. The fourth-order valence-electron chi connectivity index (χ4n) is 4.15. The maximum Gasteiger partial charge on any atom is 0.203 e. The number of allylic oxidation sites excluding steroid dienone is 4. The number of carbonyl (C=O) groups excluding carboxylic acids is 1. The van der Waals surface area contributed by atoms with Gasteiger partial charge < -0.3 is 34.1 Å². The first-order valence-corrected chi connectivity index (χ1v) is 12.2. The van der Waals surface area contributed by atoms with Crippen LogP contribution in [0.2, 0.25) is 0 Å². The zero-order chi connectivity index (χ0) is 27.5. The van der Waals surface area contributed by atoms with Crippen molar-refractivity contribution >= 4 is 23.6 Å². The highest BCUT2D eigenvalue weighted by molar-refractivity contribution is 5.93. The zero-order valence-electron chi connectivity index (χ0n) is 22.4. The quantitative estimate of drug-likeness (QED) is 0.267. The molecule has 1 aliphatic rings. The van der Waals surface area contributed by atoms with Gasteiger partial charge in [0, 0.05) is 17.7 Å². The smallest absolute Gasteiger partial charge is 0.203 e. The summed E-state index contributed by atoms with van der Waals surface area (Å²) in [6.45, 7) is 0. The van der Waals surface area contributed by atoms with Crippen molar-refractivity contribution in [2.45, 2.75) is 19.3 Å². The van der Waals surface area contributed by atoms with Gasteiger partial charge in [-0.2, -0.15) is 0 Å². The number of benzene rings is 2. The van der Waals surface area contributed by atoms with Gasteiger partial charge in [0.25, 0.3) is 0 Å². The highest BCUT2D eigenvalue weighted by Gasteiger charge is 2.16. The summed E-state index contributed by atoms with van der Waals surface area (Å²) in [7, 11) is 7.83. The highest BCUT2D eigenvalue weighted by Crippen LogP contribution is 2.41. The molecular formula is C30H35NO7. The summed E-state index contributed by atoms with van der Waals surface area (Å²) in [5.41, 5.74) is 2.27. The minimum atomic E-state index is -0.296. The Kier molecular flexibility index (Phi) is 10.3. The Hall–Kier alpha value is -4.33. The number of hydrogen-bond acceptors (Lipinski definition) is 8. The van der Waals surface area contributed by atoms with Crippen LogP contribution in [0.25, 0.3) is 12.2 Å². The lowest BCUT2D eigenvalue weighted by molar-refractivity contribution is -0.117. The van der Waals surface area contributed by atoms with Crippen molar-refractivity contribution < 1.29 is 33.6 Å². The van der Waals surface area contributed by atoms with Gasteiger partial charge in [-0.1, -0.05) is 18.2 Å². The Morgan fingerprint density at radius 1 is 0.921 bits per heavy atom. The summed E-state index contributed by atoms with van der Waals surface area (Å²) < 4.78 is 27.4. The molecule has 0 aromatic heterocycles. The van der Waals surface area contributed by atoms with Gasteiger partial charge in [0.15, 0.2) is 28.8 Å². The van der Waals surface area contributed by atoms with E-state index in [1.165, 1.54) is 6.08 Å². The number of carbonyl (C=O) groups is 1. The Labute approximate surface area is 223 Å². The van der Waals surface area contributed by atoms with Gasteiger partial charge in [-0.3, -0.25) is 4.79 Å². The molecule has 0 bridgehead atoms. The lowest BCUT2D eigenvalue weighted by Crippen LogP contribution is -2.11. The van der Waals surface area contributed by atoms with E-state index in [9.17, 15) is 9.90 Å². The molecular weight excluding hydrogens is 486 g/mol. The molecule has 3 rings (SSSR count). The Bertz CT molecular complexity index is 1220. The molecule has 0 fully saturated rings. The molecule has 0 saturated heterocycles. The summed E-state index contributed by atoms with van der Waals surface area (Å²) in [6, 6.07) is 7.40. The molecule has 1 atom stereocenters. The van der Waals surface area contributed by atoms with Gasteiger partial charge in [-0.25, -0.2) is 0 Å². The fourth-order valence-corrected chi connectivity index (χ4v) is 4.15. The molecule has 1 aliphatic carbocycles. The van der Waals surface area contributed by atoms with Crippen LogP contribution in [0.3, 0.4) is 0 Å². The first kappa shape index (κ1) is 28.2.